The van der Waals surface area contributed by atoms with Crippen molar-refractivity contribution in [2.24, 2.45) is 5.92 Å². The minimum Gasteiger partial charge on any atom is -0.460 e. The molecule has 11 nitrogen and oxygen atoms in total. The van der Waals surface area contributed by atoms with Crippen LogP contribution in [0.1, 0.15) is 51.7 Å². The van der Waals surface area contributed by atoms with Crippen molar-refractivity contribution in [3.63, 3.8) is 0 Å². The Morgan fingerprint density at radius 2 is 1.30 bits per heavy atom. The second-order valence-electron chi connectivity index (χ2n) is 11.9. The molecule has 5 rings (SSSR count). The second kappa shape index (κ2) is 13.4. The maximum atomic E-state index is 13.0. The van der Waals surface area contributed by atoms with E-state index in [1.165, 1.54) is 0 Å². The van der Waals surface area contributed by atoms with Crippen LogP contribution in [0.15, 0.2) is 60.7 Å². The molecule has 3 saturated heterocycles. The van der Waals surface area contributed by atoms with E-state index in [9.17, 15) is 14.7 Å². The summed E-state index contributed by atoms with van der Waals surface area (Å²) in [5.41, 5.74) is 1.62. The van der Waals surface area contributed by atoms with Gasteiger partial charge in [0, 0.05) is 0 Å². The van der Waals surface area contributed by atoms with Crippen molar-refractivity contribution in [1.82, 2.24) is 5.32 Å². The molecule has 1 unspecified atom stereocenters. The van der Waals surface area contributed by atoms with E-state index >= 15 is 0 Å². The smallest absolute Gasteiger partial charge is 0.320 e. The maximum absolute atomic E-state index is 13.0. The molecular weight excluding hydrogens is 558 g/mol. The number of aliphatic hydroxyl groups excluding tert-OH is 1. The van der Waals surface area contributed by atoms with Gasteiger partial charge in [-0.1, -0.05) is 60.7 Å². The Morgan fingerprint density at radius 3 is 1.88 bits per heavy atom. The van der Waals surface area contributed by atoms with E-state index in [1.54, 1.807) is 27.7 Å². The van der Waals surface area contributed by atoms with Crippen molar-refractivity contribution < 1.29 is 47.9 Å². The number of esters is 2. The van der Waals surface area contributed by atoms with Crippen molar-refractivity contribution in [1.29, 1.82) is 0 Å². The van der Waals surface area contributed by atoms with E-state index in [-0.39, 0.29) is 26.2 Å². The van der Waals surface area contributed by atoms with Crippen LogP contribution in [0.3, 0.4) is 0 Å². The summed E-state index contributed by atoms with van der Waals surface area (Å²) in [6.45, 7) is 7.54. The molecule has 43 heavy (non-hydrogen) atoms. The Bertz CT molecular complexity index is 1170. The van der Waals surface area contributed by atoms with Crippen molar-refractivity contribution in [2.45, 2.75) is 102 Å². The Hall–Kier alpha value is -2.90. The van der Waals surface area contributed by atoms with Crippen LogP contribution < -0.4 is 5.32 Å². The number of aliphatic hydroxyl groups is 1. The molecule has 3 aliphatic heterocycles. The molecule has 0 radical (unpaired) electrons. The van der Waals surface area contributed by atoms with Gasteiger partial charge >= 0.3 is 11.9 Å². The number of benzene rings is 2. The predicted octanol–water partition coefficient (Wildman–Crippen LogP) is 3.17. The first-order valence-corrected chi connectivity index (χ1v) is 14.7. The summed E-state index contributed by atoms with van der Waals surface area (Å²) in [5.74, 6) is -4.21. The number of hydrogen-bond acceptors (Lipinski definition) is 11. The zero-order chi connectivity index (χ0) is 30.6. The van der Waals surface area contributed by atoms with Gasteiger partial charge in [-0.2, -0.15) is 0 Å². The standard InChI is InChI=1S/C32H41NO10/c1-31(2)40-23-24(41-31)26-30(43-32(3,4)42-26)39-25(23)27(34)33-17-11-16-22(28(35)37-18-20-12-7-5-8-13-20)29(36)38-19-21-14-9-6-10-15-21/h5-10,12-15,22-27,30,33-34H,11,16-19H2,1-4H3/t23-,24+,25+,26-,27?,30-/m1/s1. The van der Waals surface area contributed by atoms with E-state index in [1.807, 2.05) is 60.7 Å². The van der Waals surface area contributed by atoms with E-state index in [0.29, 0.717) is 6.42 Å². The summed E-state index contributed by atoms with van der Waals surface area (Å²) >= 11 is 0. The predicted molar refractivity (Wildman–Crippen MR) is 152 cm³/mol. The molecule has 2 N–H and O–H groups in total. The number of hydrogen-bond donors (Lipinski definition) is 2. The van der Waals surface area contributed by atoms with Gasteiger partial charge in [-0.05, 0) is 58.2 Å². The summed E-state index contributed by atoms with van der Waals surface area (Å²) in [7, 11) is 0. The highest BCUT2D eigenvalue weighted by Gasteiger charge is 2.61. The van der Waals surface area contributed by atoms with Crippen LogP contribution in [0.4, 0.5) is 0 Å². The van der Waals surface area contributed by atoms with E-state index in [0.717, 1.165) is 11.1 Å². The third-order valence-electron chi connectivity index (χ3n) is 7.54. The lowest BCUT2D eigenvalue weighted by atomic mass is 9.97. The minimum absolute atomic E-state index is 0.0455. The first-order chi connectivity index (χ1) is 20.5. The molecule has 0 aromatic heterocycles. The van der Waals surface area contributed by atoms with E-state index in [4.69, 9.17) is 33.2 Å². The van der Waals surface area contributed by atoms with Crippen LogP contribution in [0, 0.1) is 5.92 Å². The number of carbonyl (C=O) groups is 2. The van der Waals surface area contributed by atoms with Crippen LogP contribution in [-0.4, -0.2) is 72.1 Å². The van der Waals surface area contributed by atoms with Crippen molar-refractivity contribution >= 4 is 11.9 Å². The number of fused-ring (bicyclic) bond motifs is 3. The zero-order valence-corrected chi connectivity index (χ0v) is 25.0. The average Bonchev–Trinajstić information content (AvgIpc) is 3.48. The van der Waals surface area contributed by atoms with Crippen molar-refractivity contribution in [3.05, 3.63) is 71.8 Å². The summed E-state index contributed by atoms with van der Waals surface area (Å²) in [6, 6.07) is 18.5. The first kappa shape index (κ1) is 31.5. The number of rotatable bonds is 12. The number of ether oxygens (including phenoxy) is 7. The molecule has 0 aliphatic carbocycles. The lowest BCUT2D eigenvalue weighted by molar-refractivity contribution is -0.255. The lowest BCUT2D eigenvalue weighted by Gasteiger charge is -2.39. The zero-order valence-electron chi connectivity index (χ0n) is 25.0. The molecule has 234 valence electrons. The largest absolute Gasteiger partial charge is 0.460 e. The fourth-order valence-corrected chi connectivity index (χ4v) is 5.56. The topological polar surface area (TPSA) is 131 Å². The Balaban J connectivity index is 1.17. The van der Waals surface area contributed by atoms with Gasteiger partial charge in [0.15, 0.2) is 23.8 Å². The van der Waals surface area contributed by atoms with Gasteiger partial charge in [-0.15, -0.1) is 0 Å². The molecule has 6 atom stereocenters. The fourth-order valence-electron chi connectivity index (χ4n) is 5.56. The van der Waals surface area contributed by atoms with Crippen LogP contribution in [-0.2, 0) is 56.0 Å². The van der Waals surface area contributed by atoms with Gasteiger partial charge in [0.25, 0.3) is 0 Å². The summed E-state index contributed by atoms with van der Waals surface area (Å²) in [4.78, 5) is 26.0. The molecule has 3 heterocycles. The minimum atomic E-state index is -1.15. The summed E-state index contributed by atoms with van der Waals surface area (Å²) < 4.78 is 41.2. The highest BCUT2D eigenvalue weighted by Crippen LogP contribution is 2.44. The fraction of sp³-hybridized carbons (Fsp3) is 0.562. The van der Waals surface area contributed by atoms with Gasteiger partial charge in [0.05, 0.1) is 0 Å². The van der Waals surface area contributed by atoms with Gasteiger partial charge in [0.2, 0.25) is 0 Å². The third kappa shape index (κ3) is 7.98. The highest BCUT2D eigenvalue weighted by molar-refractivity contribution is 5.94. The Morgan fingerprint density at radius 1 is 0.791 bits per heavy atom. The van der Waals surface area contributed by atoms with Gasteiger partial charge in [-0.3, -0.25) is 14.9 Å². The van der Waals surface area contributed by atoms with Gasteiger partial charge in [0.1, 0.15) is 43.9 Å². The van der Waals surface area contributed by atoms with Crippen LogP contribution >= 0.6 is 0 Å². The van der Waals surface area contributed by atoms with E-state index in [2.05, 4.69) is 5.32 Å². The van der Waals surface area contributed by atoms with Gasteiger partial charge in [-0.25, -0.2) is 0 Å². The SMILES string of the molecule is CC1(C)O[C@H]2[C@@H](O1)[C@@H](C(O)NCCCC(C(=O)OCc1ccccc1)C(=O)OCc1ccccc1)O[C@@H]1OC(C)(C)O[C@@H]12. The third-order valence-corrected chi connectivity index (χ3v) is 7.54. The summed E-state index contributed by atoms with van der Waals surface area (Å²) in [5, 5.41) is 14.1. The quantitative estimate of drug-likeness (QED) is 0.161. The molecule has 0 saturated carbocycles. The monoisotopic (exact) mass is 599 g/mol. The molecule has 0 spiro atoms. The molecule has 2 aromatic carbocycles. The molecule has 11 heteroatoms. The lowest BCUT2D eigenvalue weighted by Crippen LogP contribution is -2.61. The molecule has 2 aromatic rings. The Kier molecular flexibility index (Phi) is 9.82. The van der Waals surface area contributed by atoms with Crippen LogP contribution in [0.5, 0.6) is 0 Å². The number of carbonyl (C=O) groups excluding carboxylic acids is 2. The molecule has 3 aliphatic rings. The highest BCUT2D eigenvalue weighted by atomic mass is 16.9. The van der Waals surface area contributed by atoms with Crippen LogP contribution in [0.25, 0.3) is 0 Å². The first-order valence-electron chi connectivity index (χ1n) is 14.7. The summed E-state index contributed by atoms with van der Waals surface area (Å²) in [6.07, 6.45) is -3.79. The van der Waals surface area contributed by atoms with Crippen molar-refractivity contribution in [3.8, 4) is 0 Å². The molecular formula is C32H41NO10. The maximum Gasteiger partial charge on any atom is 0.320 e. The van der Waals surface area contributed by atoms with E-state index < -0.39 is 66.4 Å². The molecule has 0 bridgehead atoms. The second-order valence-corrected chi connectivity index (χ2v) is 11.9. The number of nitrogens with one attached hydrogen (secondary N) is 1. The van der Waals surface area contributed by atoms with Gasteiger partial charge < -0.3 is 38.3 Å². The van der Waals surface area contributed by atoms with Crippen molar-refractivity contribution in [2.75, 3.05) is 6.54 Å². The normalized spacial score (nSPS) is 27.7. The Labute approximate surface area is 251 Å². The average molecular weight is 600 g/mol. The molecule has 0 amide bonds. The van der Waals surface area contributed by atoms with Crippen LogP contribution in [0.2, 0.25) is 0 Å². The molecule has 3 fully saturated rings.